The van der Waals surface area contributed by atoms with Crippen LogP contribution in [0.25, 0.3) is 0 Å². The highest BCUT2D eigenvalue weighted by Gasteiger charge is 2.30. The van der Waals surface area contributed by atoms with Crippen molar-refractivity contribution in [2.24, 2.45) is 10.4 Å². The average molecular weight is 268 g/mol. The molecule has 0 bridgehead atoms. The van der Waals surface area contributed by atoms with E-state index in [1.165, 1.54) is 6.42 Å². The fourth-order valence-electron chi connectivity index (χ4n) is 2.84. The van der Waals surface area contributed by atoms with E-state index in [0.29, 0.717) is 11.5 Å². The maximum absolute atomic E-state index is 4.43. The van der Waals surface area contributed by atoms with E-state index in [2.05, 4.69) is 54.7 Å². The fraction of sp³-hybridized carbons (Fsp3) is 0.933. The van der Waals surface area contributed by atoms with Crippen LogP contribution in [0.1, 0.15) is 41.0 Å². The van der Waals surface area contributed by atoms with Crippen LogP contribution < -0.4 is 5.32 Å². The molecule has 4 heteroatoms. The minimum Gasteiger partial charge on any atom is -0.355 e. The zero-order valence-corrected chi connectivity index (χ0v) is 13.7. The van der Waals surface area contributed by atoms with Crippen LogP contribution in [0.15, 0.2) is 4.99 Å². The van der Waals surface area contributed by atoms with Crippen molar-refractivity contribution in [2.75, 3.05) is 39.8 Å². The molecule has 0 saturated carbocycles. The number of likely N-dealkylation sites (N-methyl/N-ethyl adjacent to an activating group) is 1. The van der Waals surface area contributed by atoms with Gasteiger partial charge in [-0.3, -0.25) is 9.89 Å². The van der Waals surface area contributed by atoms with E-state index in [0.717, 1.165) is 38.7 Å². The second-order valence-corrected chi connectivity index (χ2v) is 6.33. The highest BCUT2D eigenvalue weighted by molar-refractivity contribution is 5.80. The summed E-state index contributed by atoms with van der Waals surface area (Å²) in [6.45, 7) is 16.8. The molecule has 1 aliphatic rings. The van der Waals surface area contributed by atoms with E-state index in [1.54, 1.807) is 0 Å². The van der Waals surface area contributed by atoms with Gasteiger partial charge in [-0.15, -0.1) is 0 Å². The first-order chi connectivity index (χ1) is 8.93. The molecule has 1 fully saturated rings. The van der Waals surface area contributed by atoms with Gasteiger partial charge in [0.1, 0.15) is 0 Å². The highest BCUT2D eigenvalue weighted by Crippen LogP contribution is 2.28. The molecule has 0 spiro atoms. The Kier molecular flexibility index (Phi) is 6.11. The molecule has 0 aromatic rings. The predicted octanol–water partition coefficient (Wildman–Crippen LogP) is 2.02. The van der Waals surface area contributed by atoms with Gasteiger partial charge in [0, 0.05) is 32.7 Å². The van der Waals surface area contributed by atoms with Gasteiger partial charge >= 0.3 is 0 Å². The van der Waals surface area contributed by atoms with E-state index < -0.39 is 0 Å². The van der Waals surface area contributed by atoms with Crippen LogP contribution in [0.4, 0.5) is 0 Å². The number of nitrogens with one attached hydrogen (secondary N) is 1. The molecule has 0 amide bonds. The maximum Gasteiger partial charge on any atom is 0.193 e. The lowest BCUT2D eigenvalue weighted by molar-refractivity contribution is 0.230. The second kappa shape index (κ2) is 7.13. The number of guanidine groups is 1. The maximum atomic E-state index is 4.43. The van der Waals surface area contributed by atoms with Crippen LogP contribution >= 0.6 is 0 Å². The summed E-state index contributed by atoms with van der Waals surface area (Å²) >= 11 is 0. The molecule has 19 heavy (non-hydrogen) atoms. The van der Waals surface area contributed by atoms with E-state index in [1.807, 2.05) is 7.05 Å². The molecule has 1 heterocycles. The van der Waals surface area contributed by atoms with E-state index >= 15 is 0 Å². The Labute approximate surface area is 119 Å². The molecule has 0 radical (unpaired) electrons. The van der Waals surface area contributed by atoms with Crippen LogP contribution in [0.3, 0.4) is 0 Å². The highest BCUT2D eigenvalue weighted by atomic mass is 15.3. The Balaban J connectivity index is 2.46. The van der Waals surface area contributed by atoms with Crippen LogP contribution in [-0.4, -0.2) is 61.6 Å². The summed E-state index contributed by atoms with van der Waals surface area (Å²) in [6, 6.07) is 0.544. The van der Waals surface area contributed by atoms with E-state index in [9.17, 15) is 0 Å². The molecular formula is C15H32N4. The molecule has 0 aromatic carbocycles. The van der Waals surface area contributed by atoms with Gasteiger partial charge in [-0.25, -0.2) is 0 Å². The van der Waals surface area contributed by atoms with Crippen molar-refractivity contribution in [1.29, 1.82) is 0 Å². The first-order valence-corrected chi connectivity index (χ1v) is 7.63. The zero-order valence-electron chi connectivity index (χ0n) is 13.7. The van der Waals surface area contributed by atoms with Gasteiger partial charge in [-0.2, -0.15) is 0 Å². The monoisotopic (exact) mass is 268 g/mol. The van der Waals surface area contributed by atoms with Crippen molar-refractivity contribution in [3.8, 4) is 0 Å². The summed E-state index contributed by atoms with van der Waals surface area (Å²) in [7, 11) is 1.88. The molecule has 1 rings (SSSR count). The number of nitrogens with zero attached hydrogens (tertiary/aromatic N) is 3. The minimum atomic E-state index is 0.419. The number of likely N-dealkylation sites (tertiary alicyclic amines) is 1. The van der Waals surface area contributed by atoms with Crippen molar-refractivity contribution >= 4 is 5.96 Å². The number of rotatable bonds is 5. The Bertz CT molecular complexity index is 295. The minimum absolute atomic E-state index is 0.419. The first kappa shape index (κ1) is 16.3. The molecule has 1 N–H and O–H groups in total. The Morgan fingerprint density at radius 3 is 2.42 bits per heavy atom. The number of hydrogen-bond acceptors (Lipinski definition) is 2. The molecule has 1 unspecified atom stereocenters. The number of hydrogen-bond donors (Lipinski definition) is 1. The Morgan fingerprint density at radius 1 is 1.37 bits per heavy atom. The van der Waals surface area contributed by atoms with Crippen LogP contribution in [0, 0.1) is 5.41 Å². The van der Waals surface area contributed by atoms with E-state index in [-0.39, 0.29) is 0 Å². The lowest BCUT2D eigenvalue weighted by atomic mass is 9.93. The smallest absolute Gasteiger partial charge is 0.193 e. The predicted molar refractivity (Wildman–Crippen MR) is 83.7 cm³/mol. The molecular weight excluding hydrogens is 236 g/mol. The van der Waals surface area contributed by atoms with Crippen molar-refractivity contribution in [1.82, 2.24) is 15.1 Å². The molecule has 4 nitrogen and oxygen atoms in total. The first-order valence-electron chi connectivity index (χ1n) is 7.63. The topological polar surface area (TPSA) is 30.9 Å². The third-order valence-corrected chi connectivity index (χ3v) is 4.18. The van der Waals surface area contributed by atoms with Crippen molar-refractivity contribution < 1.29 is 0 Å². The van der Waals surface area contributed by atoms with Gasteiger partial charge in [-0.1, -0.05) is 27.7 Å². The Hall–Kier alpha value is -0.770. The largest absolute Gasteiger partial charge is 0.355 e. The van der Waals surface area contributed by atoms with Crippen LogP contribution in [0.2, 0.25) is 0 Å². The summed E-state index contributed by atoms with van der Waals surface area (Å²) in [5.41, 5.74) is 0.419. The van der Waals surface area contributed by atoms with Crippen molar-refractivity contribution in [3.63, 3.8) is 0 Å². The van der Waals surface area contributed by atoms with E-state index in [4.69, 9.17) is 0 Å². The normalized spacial score (nSPS) is 21.0. The molecule has 1 atom stereocenters. The Morgan fingerprint density at radius 2 is 2.00 bits per heavy atom. The average Bonchev–Trinajstić information content (AvgIpc) is 2.72. The van der Waals surface area contributed by atoms with Gasteiger partial charge in [0.25, 0.3) is 0 Å². The van der Waals surface area contributed by atoms with Gasteiger partial charge in [0.15, 0.2) is 5.96 Å². The molecule has 0 aliphatic carbocycles. The zero-order chi connectivity index (χ0) is 14.5. The number of aliphatic imine (C=N–C) groups is 1. The van der Waals surface area contributed by atoms with Crippen molar-refractivity contribution in [2.45, 2.75) is 47.1 Å². The van der Waals surface area contributed by atoms with Gasteiger partial charge in [0.2, 0.25) is 0 Å². The quantitative estimate of drug-likeness (QED) is 0.611. The van der Waals surface area contributed by atoms with Crippen molar-refractivity contribution in [3.05, 3.63) is 0 Å². The fourth-order valence-corrected chi connectivity index (χ4v) is 2.84. The van der Waals surface area contributed by atoms with Gasteiger partial charge in [0.05, 0.1) is 0 Å². The summed E-state index contributed by atoms with van der Waals surface area (Å²) < 4.78 is 0. The lowest BCUT2D eigenvalue weighted by Gasteiger charge is -2.29. The molecule has 112 valence electrons. The van der Waals surface area contributed by atoms with Crippen LogP contribution in [-0.2, 0) is 0 Å². The SMILES string of the molecule is CCN(CC)C(C)CNC(=NC)N1CCC(C)(C)C1. The second-order valence-electron chi connectivity index (χ2n) is 6.33. The van der Waals surface area contributed by atoms with Gasteiger partial charge < -0.3 is 10.2 Å². The summed E-state index contributed by atoms with van der Waals surface area (Å²) in [5.74, 6) is 1.06. The van der Waals surface area contributed by atoms with Gasteiger partial charge in [-0.05, 0) is 31.8 Å². The molecule has 1 aliphatic heterocycles. The molecule has 1 saturated heterocycles. The summed E-state index contributed by atoms with van der Waals surface area (Å²) in [5, 5.41) is 3.53. The third-order valence-electron chi connectivity index (χ3n) is 4.18. The summed E-state index contributed by atoms with van der Waals surface area (Å²) in [6.07, 6.45) is 1.25. The molecule has 0 aromatic heterocycles. The standard InChI is InChI=1S/C15H32N4/c1-7-18(8-2)13(3)11-17-14(16-6)19-10-9-15(4,5)12-19/h13H,7-12H2,1-6H3,(H,16,17). The third kappa shape index (κ3) is 4.68. The summed E-state index contributed by atoms with van der Waals surface area (Å²) in [4.78, 5) is 9.28. The van der Waals surface area contributed by atoms with Crippen LogP contribution in [0.5, 0.6) is 0 Å². The lowest BCUT2D eigenvalue weighted by Crippen LogP contribution is -2.47.